The van der Waals surface area contributed by atoms with Crippen molar-refractivity contribution in [2.75, 3.05) is 19.8 Å². The van der Waals surface area contributed by atoms with Crippen LogP contribution in [-0.2, 0) is 9.53 Å². The SMILES string of the molecule is CC(CCO)CNC(=O)C1CCCO1. The van der Waals surface area contributed by atoms with Gasteiger partial charge in [0.05, 0.1) is 0 Å². The van der Waals surface area contributed by atoms with Gasteiger partial charge in [0, 0.05) is 19.8 Å². The smallest absolute Gasteiger partial charge is 0.249 e. The number of carbonyl (C=O) groups is 1. The maximum atomic E-state index is 11.5. The average molecular weight is 201 g/mol. The van der Waals surface area contributed by atoms with E-state index in [1.165, 1.54) is 0 Å². The second-order valence-electron chi connectivity index (χ2n) is 3.86. The zero-order valence-corrected chi connectivity index (χ0v) is 8.66. The third-order valence-corrected chi connectivity index (χ3v) is 2.47. The highest BCUT2D eigenvalue weighted by Gasteiger charge is 2.23. The molecular formula is C10H19NO3. The van der Waals surface area contributed by atoms with Crippen LogP contribution in [0.3, 0.4) is 0 Å². The first-order chi connectivity index (χ1) is 6.74. The molecule has 0 aromatic heterocycles. The van der Waals surface area contributed by atoms with Gasteiger partial charge < -0.3 is 15.2 Å². The molecule has 82 valence electrons. The lowest BCUT2D eigenvalue weighted by Gasteiger charge is -2.13. The number of amides is 1. The van der Waals surface area contributed by atoms with E-state index in [-0.39, 0.29) is 18.6 Å². The summed E-state index contributed by atoms with van der Waals surface area (Å²) < 4.78 is 5.25. The molecule has 1 aliphatic rings. The molecule has 14 heavy (non-hydrogen) atoms. The molecule has 1 saturated heterocycles. The molecule has 0 saturated carbocycles. The minimum atomic E-state index is -0.240. The van der Waals surface area contributed by atoms with E-state index < -0.39 is 0 Å². The van der Waals surface area contributed by atoms with E-state index in [0.29, 0.717) is 19.1 Å². The molecule has 0 aliphatic carbocycles. The van der Waals surface area contributed by atoms with Crippen molar-refractivity contribution in [3.8, 4) is 0 Å². The number of aliphatic hydroxyl groups is 1. The van der Waals surface area contributed by atoms with Crippen LogP contribution in [0.5, 0.6) is 0 Å². The molecule has 2 unspecified atom stereocenters. The van der Waals surface area contributed by atoms with Crippen LogP contribution in [0.2, 0.25) is 0 Å². The van der Waals surface area contributed by atoms with E-state index in [1.807, 2.05) is 6.92 Å². The van der Waals surface area contributed by atoms with Crippen LogP contribution in [0.1, 0.15) is 26.2 Å². The summed E-state index contributed by atoms with van der Waals surface area (Å²) in [6.45, 7) is 3.51. The van der Waals surface area contributed by atoms with Gasteiger partial charge in [-0.1, -0.05) is 6.92 Å². The lowest BCUT2D eigenvalue weighted by Crippen LogP contribution is -2.36. The summed E-state index contributed by atoms with van der Waals surface area (Å²) >= 11 is 0. The van der Waals surface area contributed by atoms with Gasteiger partial charge in [-0.25, -0.2) is 0 Å². The Bertz CT molecular complexity index is 178. The van der Waals surface area contributed by atoms with Crippen molar-refractivity contribution in [1.82, 2.24) is 5.32 Å². The standard InChI is InChI=1S/C10H19NO3/c1-8(4-5-12)7-11-10(13)9-3-2-6-14-9/h8-9,12H,2-7H2,1H3,(H,11,13). The quantitative estimate of drug-likeness (QED) is 0.672. The molecule has 2 N–H and O–H groups in total. The second-order valence-corrected chi connectivity index (χ2v) is 3.86. The van der Waals surface area contributed by atoms with Crippen molar-refractivity contribution in [2.24, 2.45) is 5.92 Å². The summed E-state index contributed by atoms with van der Waals surface area (Å²) in [6, 6.07) is 0. The van der Waals surface area contributed by atoms with Crippen LogP contribution in [0, 0.1) is 5.92 Å². The normalized spacial score (nSPS) is 23.4. The van der Waals surface area contributed by atoms with Gasteiger partial charge in [0.25, 0.3) is 0 Å². The number of aliphatic hydroxyl groups excluding tert-OH is 1. The maximum absolute atomic E-state index is 11.5. The van der Waals surface area contributed by atoms with Crippen molar-refractivity contribution in [2.45, 2.75) is 32.3 Å². The molecule has 4 nitrogen and oxygen atoms in total. The lowest BCUT2D eigenvalue weighted by atomic mass is 10.1. The molecule has 4 heteroatoms. The predicted octanol–water partition coefficient (Wildman–Crippen LogP) is 0.300. The van der Waals surface area contributed by atoms with Crippen molar-refractivity contribution in [1.29, 1.82) is 0 Å². The molecule has 2 atom stereocenters. The molecule has 1 heterocycles. The van der Waals surface area contributed by atoms with Crippen molar-refractivity contribution in [3.63, 3.8) is 0 Å². The van der Waals surface area contributed by atoms with Crippen molar-refractivity contribution in [3.05, 3.63) is 0 Å². The Balaban J connectivity index is 2.13. The number of ether oxygens (including phenoxy) is 1. The Hall–Kier alpha value is -0.610. The predicted molar refractivity (Wildman–Crippen MR) is 52.9 cm³/mol. The first-order valence-corrected chi connectivity index (χ1v) is 5.24. The van der Waals surface area contributed by atoms with Gasteiger partial charge in [0.2, 0.25) is 5.91 Å². The van der Waals surface area contributed by atoms with Gasteiger partial charge in [-0.3, -0.25) is 4.79 Å². The first-order valence-electron chi connectivity index (χ1n) is 5.24. The average Bonchev–Trinajstić information content (AvgIpc) is 2.67. The molecule has 1 rings (SSSR count). The number of nitrogens with one attached hydrogen (secondary N) is 1. The van der Waals surface area contributed by atoms with Crippen LogP contribution >= 0.6 is 0 Å². The molecule has 1 amide bonds. The largest absolute Gasteiger partial charge is 0.396 e. The minimum Gasteiger partial charge on any atom is -0.396 e. The summed E-state index contributed by atoms with van der Waals surface area (Å²) in [4.78, 5) is 11.5. The van der Waals surface area contributed by atoms with Crippen LogP contribution in [-0.4, -0.2) is 36.9 Å². The second kappa shape index (κ2) is 5.98. The number of hydrogen-bond donors (Lipinski definition) is 2. The van der Waals surface area contributed by atoms with E-state index >= 15 is 0 Å². The lowest BCUT2D eigenvalue weighted by molar-refractivity contribution is -0.130. The maximum Gasteiger partial charge on any atom is 0.249 e. The van der Waals surface area contributed by atoms with Crippen molar-refractivity contribution < 1.29 is 14.6 Å². The number of hydrogen-bond acceptors (Lipinski definition) is 3. The summed E-state index contributed by atoms with van der Waals surface area (Å²) in [5, 5.41) is 11.5. The van der Waals surface area contributed by atoms with Gasteiger partial charge in [0.15, 0.2) is 0 Å². The Kier molecular flexibility index (Phi) is 4.90. The molecule has 1 aliphatic heterocycles. The third-order valence-electron chi connectivity index (χ3n) is 2.47. The monoisotopic (exact) mass is 201 g/mol. The fraction of sp³-hybridized carbons (Fsp3) is 0.900. The Morgan fingerprint density at radius 2 is 2.50 bits per heavy atom. The summed E-state index contributed by atoms with van der Waals surface area (Å²) in [5.74, 6) is 0.317. The van der Waals surface area contributed by atoms with Crippen LogP contribution in [0.25, 0.3) is 0 Å². The Morgan fingerprint density at radius 1 is 1.71 bits per heavy atom. The highest BCUT2D eigenvalue weighted by atomic mass is 16.5. The zero-order chi connectivity index (χ0) is 10.4. The van der Waals surface area contributed by atoms with Crippen LogP contribution < -0.4 is 5.32 Å². The third kappa shape index (κ3) is 3.64. The fourth-order valence-corrected chi connectivity index (χ4v) is 1.50. The van der Waals surface area contributed by atoms with Gasteiger partial charge in [-0.2, -0.15) is 0 Å². The van der Waals surface area contributed by atoms with Crippen LogP contribution in [0.15, 0.2) is 0 Å². The van der Waals surface area contributed by atoms with E-state index in [2.05, 4.69) is 5.32 Å². The van der Waals surface area contributed by atoms with E-state index in [1.54, 1.807) is 0 Å². The van der Waals surface area contributed by atoms with Gasteiger partial charge in [-0.05, 0) is 25.2 Å². The van der Waals surface area contributed by atoms with Crippen LogP contribution in [0.4, 0.5) is 0 Å². The molecule has 1 fully saturated rings. The highest BCUT2D eigenvalue weighted by molar-refractivity contribution is 5.80. The van der Waals surface area contributed by atoms with E-state index in [4.69, 9.17) is 9.84 Å². The molecule has 0 aromatic rings. The highest BCUT2D eigenvalue weighted by Crippen LogP contribution is 2.11. The minimum absolute atomic E-state index is 0.00714. The summed E-state index contributed by atoms with van der Waals surface area (Å²) in [5.41, 5.74) is 0. The van der Waals surface area contributed by atoms with Gasteiger partial charge >= 0.3 is 0 Å². The summed E-state index contributed by atoms with van der Waals surface area (Å²) in [6.07, 6.45) is 2.30. The zero-order valence-electron chi connectivity index (χ0n) is 8.66. The molecule has 0 radical (unpaired) electrons. The number of carbonyl (C=O) groups excluding carboxylic acids is 1. The van der Waals surface area contributed by atoms with E-state index in [9.17, 15) is 4.79 Å². The molecule has 0 aromatic carbocycles. The molecular weight excluding hydrogens is 182 g/mol. The Labute approximate surface area is 84.6 Å². The first kappa shape index (κ1) is 11.5. The van der Waals surface area contributed by atoms with Crippen molar-refractivity contribution >= 4 is 5.91 Å². The topological polar surface area (TPSA) is 58.6 Å². The fourth-order valence-electron chi connectivity index (χ4n) is 1.50. The van der Waals surface area contributed by atoms with E-state index in [0.717, 1.165) is 19.3 Å². The Morgan fingerprint density at radius 3 is 3.07 bits per heavy atom. The molecule has 0 spiro atoms. The summed E-state index contributed by atoms with van der Waals surface area (Å²) in [7, 11) is 0. The van der Waals surface area contributed by atoms with Gasteiger partial charge in [0.1, 0.15) is 6.10 Å². The molecule has 0 bridgehead atoms. The van der Waals surface area contributed by atoms with Gasteiger partial charge in [-0.15, -0.1) is 0 Å². The number of rotatable bonds is 5.